The van der Waals surface area contributed by atoms with Gasteiger partial charge in [0.25, 0.3) is 0 Å². The van der Waals surface area contributed by atoms with Crippen LogP contribution in [0.1, 0.15) is 130 Å². The number of hydrogen-bond acceptors (Lipinski definition) is 3. The Bertz CT molecular complexity index is 3550. The molecular formula is C67H68N3OPt-. The minimum absolute atomic E-state index is 0. The van der Waals surface area contributed by atoms with Crippen molar-refractivity contribution in [3.8, 4) is 78.6 Å². The van der Waals surface area contributed by atoms with Crippen LogP contribution in [0.15, 0.2) is 152 Å². The van der Waals surface area contributed by atoms with Gasteiger partial charge in [-0.3, -0.25) is 9.55 Å². The number of imidazole rings is 1. The van der Waals surface area contributed by atoms with Gasteiger partial charge < -0.3 is 5.11 Å². The molecule has 0 atom stereocenters. The molecule has 0 amide bonds. The smallest absolute Gasteiger partial charge is 0.148 e. The monoisotopic (exact) mass is 1130 g/mol. The van der Waals surface area contributed by atoms with Gasteiger partial charge in [-0.15, -0.1) is 29.3 Å². The summed E-state index contributed by atoms with van der Waals surface area (Å²) >= 11 is 0. The third-order valence-electron chi connectivity index (χ3n) is 14.9. The molecule has 1 aliphatic rings. The average molecular weight is 1130 g/mol. The summed E-state index contributed by atoms with van der Waals surface area (Å²) in [4.78, 5) is 10.8. The first kappa shape index (κ1) is 50.6. The van der Waals surface area contributed by atoms with E-state index in [9.17, 15) is 5.11 Å². The molecule has 0 radical (unpaired) electrons. The minimum Gasteiger partial charge on any atom is -0.507 e. The molecule has 0 bridgehead atoms. The van der Waals surface area contributed by atoms with Crippen molar-refractivity contribution in [1.29, 1.82) is 0 Å². The van der Waals surface area contributed by atoms with Crippen LogP contribution in [0.25, 0.3) is 83.9 Å². The molecule has 0 saturated heterocycles. The Balaban J connectivity index is 0.00000640. The van der Waals surface area contributed by atoms with Crippen molar-refractivity contribution in [2.24, 2.45) is 0 Å². The van der Waals surface area contributed by atoms with E-state index in [0.717, 1.165) is 66.9 Å². The maximum absolute atomic E-state index is 12.6. The van der Waals surface area contributed by atoms with Gasteiger partial charge in [0.2, 0.25) is 0 Å². The molecule has 0 fully saturated rings. The second-order valence-electron chi connectivity index (χ2n) is 24.5. The van der Waals surface area contributed by atoms with Crippen LogP contribution in [0, 0.1) is 6.07 Å². The van der Waals surface area contributed by atoms with Crippen molar-refractivity contribution in [3.05, 3.63) is 191 Å². The van der Waals surface area contributed by atoms with Crippen molar-refractivity contribution in [2.45, 2.75) is 124 Å². The van der Waals surface area contributed by atoms with Crippen molar-refractivity contribution >= 4 is 11.0 Å². The largest absolute Gasteiger partial charge is 0.507 e. The standard InChI is InChI=1S/C67H68N3O.Pt/c1-63(2,3)46-28-30-58(52(38-46)41-21-16-15-17-22-41)70-59-26-20-24-49(60(59)69-62(70)53-39-48(65(7,8)9)40-56(61(53)71)66(10,11)12)44-33-45(35-47(34-44)64(4,5)6)57-37-43(31-32-68-57)42-27-29-51-50-23-18-19-25-54(50)67(13,14)55(51)36-42;/h15-32,34-40,71H,1-14H3;/q-1;. The maximum Gasteiger partial charge on any atom is 0.148 e. The zero-order valence-corrected chi connectivity index (χ0v) is 46.8. The van der Waals surface area contributed by atoms with Crippen molar-refractivity contribution in [2.75, 3.05) is 0 Å². The van der Waals surface area contributed by atoms with E-state index in [1.54, 1.807) is 0 Å². The van der Waals surface area contributed by atoms with E-state index < -0.39 is 0 Å². The van der Waals surface area contributed by atoms with Gasteiger partial charge >= 0.3 is 0 Å². The van der Waals surface area contributed by atoms with Crippen LogP contribution >= 0.6 is 0 Å². The van der Waals surface area contributed by atoms with E-state index in [4.69, 9.17) is 9.97 Å². The number of phenols is 1. The Morgan fingerprint density at radius 1 is 0.486 bits per heavy atom. The predicted molar refractivity (Wildman–Crippen MR) is 299 cm³/mol. The van der Waals surface area contributed by atoms with Crippen LogP contribution < -0.4 is 0 Å². The Morgan fingerprint density at radius 3 is 1.79 bits per heavy atom. The third-order valence-corrected chi connectivity index (χ3v) is 14.9. The van der Waals surface area contributed by atoms with Gasteiger partial charge in [-0.05, 0) is 108 Å². The Kier molecular flexibility index (Phi) is 12.6. The fourth-order valence-corrected chi connectivity index (χ4v) is 10.5. The zero-order valence-electron chi connectivity index (χ0n) is 44.5. The summed E-state index contributed by atoms with van der Waals surface area (Å²) in [5.41, 5.74) is 20.5. The van der Waals surface area contributed by atoms with Crippen LogP contribution in [-0.4, -0.2) is 19.6 Å². The number of aromatic nitrogens is 3. The van der Waals surface area contributed by atoms with E-state index in [1.807, 2.05) is 6.20 Å². The quantitative estimate of drug-likeness (QED) is 0.169. The molecule has 0 saturated carbocycles. The predicted octanol–water partition coefficient (Wildman–Crippen LogP) is 17.8. The number of aromatic hydroxyl groups is 1. The van der Waals surface area contributed by atoms with E-state index in [2.05, 4.69) is 253 Å². The molecule has 0 spiro atoms. The molecule has 72 heavy (non-hydrogen) atoms. The molecule has 0 unspecified atom stereocenters. The van der Waals surface area contributed by atoms with Crippen LogP contribution in [0.2, 0.25) is 0 Å². The molecule has 0 aliphatic heterocycles. The van der Waals surface area contributed by atoms with E-state index >= 15 is 0 Å². The first-order valence-electron chi connectivity index (χ1n) is 25.3. The summed E-state index contributed by atoms with van der Waals surface area (Å²) in [5.74, 6) is 0.937. The number of fused-ring (bicyclic) bond motifs is 4. The number of pyridine rings is 1. The van der Waals surface area contributed by atoms with Gasteiger partial charge in [-0.25, -0.2) is 4.98 Å². The summed E-state index contributed by atoms with van der Waals surface area (Å²) in [6.45, 7) is 31.5. The van der Waals surface area contributed by atoms with E-state index in [-0.39, 0.29) is 53.9 Å². The molecule has 5 heteroatoms. The van der Waals surface area contributed by atoms with Gasteiger partial charge in [0.05, 0.1) is 22.3 Å². The average Bonchev–Trinajstić information content (AvgIpc) is 3.82. The fourth-order valence-electron chi connectivity index (χ4n) is 10.5. The van der Waals surface area contributed by atoms with Crippen molar-refractivity contribution in [1.82, 2.24) is 14.5 Å². The molecule has 1 N–H and O–H groups in total. The van der Waals surface area contributed by atoms with Crippen molar-refractivity contribution in [3.63, 3.8) is 0 Å². The molecule has 1 aliphatic carbocycles. The summed E-state index contributed by atoms with van der Waals surface area (Å²) in [6.07, 6.45) is 1.93. The molecule has 2 heterocycles. The molecule has 10 rings (SSSR count). The molecule has 2 aromatic heterocycles. The minimum atomic E-state index is -0.335. The van der Waals surface area contributed by atoms with Crippen molar-refractivity contribution < 1.29 is 26.2 Å². The second kappa shape index (κ2) is 18.0. The topological polar surface area (TPSA) is 50.9 Å². The van der Waals surface area contributed by atoms with Gasteiger partial charge in [0, 0.05) is 49.5 Å². The Hall–Kier alpha value is -6.35. The number of phenolic OH excluding ortho intramolecular Hbond substituents is 1. The molecule has 9 aromatic rings. The van der Waals surface area contributed by atoms with Crippen LogP contribution in [0.5, 0.6) is 5.75 Å². The van der Waals surface area contributed by atoms with Gasteiger partial charge in [0.15, 0.2) is 0 Å². The summed E-state index contributed by atoms with van der Waals surface area (Å²) in [5, 5.41) is 12.6. The van der Waals surface area contributed by atoms with Crippen LogP contribution in [0.3, 0.4) is 0 Å². The molecule has 368 valence electrons. The Morgan fingerprint density at radius 2 is 1.10 bits per heavy atom. The normalized spacial score (nSPS) is 13.5. The maximum atomic E-state index is 12.6. The SMILES string of the molecule is CC(C)(C)c1cc(-c2cc(-c3ccc4c(c3)C(C)(C)c3ccccc3-4)ccn2)[c-]c(-c2cccc3c2nc(-c2cc(C(C)(C)C)cc(C(C)(C)C)c2O)n3-c2ccc(C(C)(C)C)cc2-c2ccccc2)c1.[Pt]. The summed E-state index contributed by atoms with van der Waals surface area (Å²) < 4.78 is 2.29. The molecule has 4 nitrogen and oxygen atoms in total. The summed E-state index contributed by atoms with van der Waals surface area (Å²) in [6, 6.07) is 56.9. The number of benzene rings is 7. The molecular weight excluding hydrogens is 1060 g/mol. The van der Waals surface area contributed by atoms with Crippen LogP contribution in [-0.2, 0) is 48.1 Å². The van der Waals surface area contributed by atoms with E-state index in [1.165, 1.54) is 38.9 Å². The first-order chi connectivity index (χ1) is 33.4. The number of para-hydroxylation sites is 1. The number of nitrogens with zero attached hydrogens (tertiary/aromatic N) is 3. The first-order valence-corrected chi connectivity index (χ1v) is 25.3. The summed E-state index contributed by atoms with van der Waals surface area (Å²) in [7, 11) is 0. The van der Waals surface area contributed by atoms with E-state index in [0.29, 0.717) is 11.4 Å². The zero-order chi connectivity index (χ0) is 50.6. The fraction of sp³-hybridized carbons (Fsp3) is 0.284. The number of rotatable bonds is 6. The molecule has 7 aromatic carbocycles. The third kappa shape index (κ3) is 9.00. The van der Waals surface area contributed by atoms with Crippen LogP contribution in [0.4, 0.5) is 0 Å². The Labute approximate surface area is 442 Å². The second-order valence-corrected chi connectivity index (χ2v) is 24.5. The van der Waals surface area contributed by atoms with Gasteiger partial charge in [-0.2, -0.15) is 0 Å². The van der Waals surface area contributed by atoms with Gasteiger partial charge in [0.1, 0.15) is 11.6 Å². The number of hydrogen-bond donors (Lipinski definition) is 1. The van der Waals surface area contributed by atoms with Gasteiger partial charge in [-0.1, -0.05) is 205 Å².